The molecule has 3 nitrogen and oxygen atoms in total. The van der Waals surface area contributed by atoms with Crippen molar-refractivity contribution in [3.63, 3.8) is 0 Å². The van der Waals surface area contributed by atoms with Gasteiger partial charge in [0.2, 0.25) is 0 Å². The Hall–Kier alpha value is -0.120. The number of nitrogens with zero attached hydrogens (tertiary/aromatic N) is 1. The minimum absolute atomic E-state index is 0.358. The zero-order valence-electron chi connectivity index (χ0n) is 13.6. The number of nitrogens with one attached hydrogen (secondary N) is 1. The highest BCUT2D eigenvalue weighted by molar-refractivity contribution is 4.86. The fraction of sp³-hybridized carbons (Fsp3) is 1.00. The second kappa shape index (κ2) is 7.94. The van der Waals surface area contributed by atoms with E-state index in [1.54, 1.807) is 0 Å². The van der Waals surface area contributed by atoms with E-state index in [0.717, 1.165) is 18.3 Å². The molecule has 2 aliphatic carbocycles. The van der Waals surface area contributed by atoms with E-state index in [1.807, 2.05) is 0 Å². The highest BCUT2D eigenvalue weighted by Crippen LogP contribution is 2.29. The number of hydrogen-bond acceptors (Lipinski definition) is 3. The Balaban J connectivity index is 1.47. The third-order valence-corrected chi connectivity index (χ3v) is 6.06. The molecule has 1 heterocycles. The molecule has 0 aromatic carbocycles. The van der Waals surface area contributed by atoms with E-state index in [4.69, 9.17) is 0 Å². The van der Waals surface area contributed by atoms with Crippen molar-refractivity contribution in [3.8, 4) is 0 Å². The smallest absolute Gasteiger partial charge is 0.0434 e. The van der Waals surface area contributed by atoms with Crippen molar-refractivity contribution in [2.45, 2.75) is 63.8 Å². The molecule has 2 unspecified atom stereocenters. The summed E-state index contributed by atoms with van der Waals surface area (Å²) in [5.41, 5.74) is 0. The summed E-state index contributed by atoms with van der Waals surface area (Å²) in [6.45, 7) is 5.36. The number of aliphatic hydroxyl groups excluding tert-OH is 1. The number of rotatable bonds is 7. The van der Waals surface area contributed by atoms with Crippen molar-refractivity contribution in [3.05, 3.63) is 0 Å². The fourth-order valence-electron chi connectivity index (χ4n) is 4.58. The number of likely N-dealkylation sites (tertiary alicyclic amines) is 1. The van der Waals surface area contributed by atoms with Crippen molar-refractivity contribution in [2.24, 2.45) is 17.8 Å². The van der Waals surface area contributed by atoms with E-state index in [2.05, 4.69) is 10.2 Å². The van der Waals surface area contributed by atoms with Crippen LogP contribution in [-0.2, 0) is 0 Å². The van der Waals surface area contributed by atoms with Crippen LogP contribution >= 0.6 is 0 Å². The SMILES string of the molecule is OCCC1CC(NCC2CCC2)CN(CC2CCCC2)C1. The molecule has 2 N–H and O–H groups in total. The summed E-state index contributed by atoms with van der Waals surface area (Å²) < 4.78 is 0. The van der Waals surface area contributed by atoms with E-state index < -0.39 is 0 Å². The van der Waals surface area contributed by atoms with Crippen LogP contribution in [0.25, 0.3) is 0 Å². The summed E-state index contributed by atoms with van der Waals surface area (Å²) in [6.07, 6.45) is 12.4. The van der Waals surface area contributed by atoms with Crippen LogP contribution in [0.3, 0.4) is 0 Å². The lowest BCUT2D eigenvalue weighted by molar-refractivity contribution is 0.103. The van der Waals surface area contributed by atoms with Crippen LogP contribution in [0.15, 0.2) is 0 Å². The molecule has 3 aliphatic rings. The Bertz CT molecular complexity index is 300. The van der Waals surface area contributed by atoms with Gasteiger partial charge in [-0.3, -0.25) is 0 Å². The van der Waals surface area contributed by atoms with E-state index in [-0.39, 0.29) is 0 Å². The molecule has 0 aromatic heterocycles. The standard InChI is InChI=1S/C18H34N2O/c21-9-8-17-10-18(19-11-15-6-3-7-15)14-20(13-17)12-16-4-1-2-5-16/h15-19,21H,1-14H2. The monoisotopic (exact) mass is 294 g/mol. The Labute approximate surface area is 130 Å². The van der Waals surface area contributed by atoms with Crippen molar-refractivity contribution in [2.75, 3.05) is 32.8 Å². The second-order valence-corrected chi connectivity index (χ2v) is 7.89. The van der Waals surface area contributed by atoms with Crippen molar-refractivity contribution < 1.29 is 5.11 Å². The van der Waals surface area contributed by atoms with E-state index in [9.17, 15) is 5.11 Å². The quantitative estimate of drug-likeness (QED) is 0.758. The van der Waals surface area contributed by atoms with E-state index in [1.165, 1.54) is 77.5 Å². The molecule has 1 aliphatic heterocycles. The molecule has 1 saturated heterocycles. The minimum Gasteiger partial charge on any atom is -0.396 e. The van der Waals surface area contributed by atoms with Crippen molar-refractivity contribution in [1.29, 1.82) is 0 Å². The van der Waals surface area contributed by atoms with Crippen LogP contribution < -0.4 is 5.32 Å². The van der Waals surface area contributed by atoms with Gasteiger partial charge in [0.15, 0.2) is 0 Å². The molecule has 2 saturated carbocycles. The third kappa shape index (κ3) is 4.67. The van der Waals surface area contributed by atoms with Crippen LogP contribution in [0.2, 0.25) is 0 Å². The second-order valence-electron chi connectivity index (χ2n) is 7.89. The molecule has 3 rings (SSSR count). The van der Waals surface area contributed by atoms with Gasteiger partial charge >= 0.3 is 0 Å². The van der Waals surface area contributed by atoms with Gasteiger partial charge in [0.1, 0.15) is 0 Å². The van der Waals surface area contributed by atoms with Gasteiger partial charge in [0.25, 0.3) is 0 Å². The topological polar surface area (TPSA) is 35.5 Å². The highest BCUT2D eigenvalue weighted by Gasteiger charge is 2.29. The van der Waals surface area contributed by atoms with E-state index >= 15 is 0 Å². The molecular formula is C18H34N2O. The molecule has 0 spiro atoms. The predicted molar refractivity (Wildman–Crippen MR) is 87.3 cm³/mol. The average molecular weight is 294 g/mol. The van der Waals surface area contributed by atoms with Crippen LogP contribution in [-0.4, -0.2) is 48.8 Å². The lowest BCUT2D eigenvalue weighted by Gasteiger charge is -2.40. The third-order valence-electron chi connectivity index (χ3n) is 6.06. The fourth-order valence-corrected chi connectivity index (χ4v) is 4.58. The van der Waals surface area contributed by atoms with E-state index in [0.29, 0.717) is 18.6 Å². The van der Waals surface area contributed by atoms with Crippen molar-refractivity contribution in [1.82, 2.24) is 10.2 Å². The first-order chi connectivity index (χ1) is 10.3. The van der Waals surface area contributed by atoms with Gasteiger partial charge in [-0.15, -0.1) is 0 Å². The van der Waals surface area contributed by atoms with Crippen molar-refractivity contribution >= 4 is 0 Å². The summed E-state index contributed by atoms with van der Waals surface area (Å²) in [7, 11) is 0. The predicted octanol–water partition coefficient (Wildman–Crippen LogP) is 2.64. The highest BCUT2D eigenvalue weighted by atomic mass is 16.3. The molecule has 2 atom stereocenters. The maximum absolute atomic E-state index is 9.30. The Morgan fingerprint density at radius 3 is 2.33 bits per heavy atom. The van der Waals surface area contributed by atoms with Crippen LogP contribution in [0, 0.1) is 17.8 Å². The summed E-state index contributed by atoms with van der Waals surface area (Å²) in [5.74, 6) is 2.60. The first-order valence-electron chi connectivity index (χ1n) is 9.40. The summed E-state index contributed by atoms with van der Waals surface area (Å²) in [4.78, 5) is 2.71. The first-order valence-corrected chi connectivity index (χ1v) is 9.40. The first kappa shape index (κ1) is 15.8. The van der Waals surface area contributed by atoms with Gasteiger partial charge in [-0.05, 0) is 62.8 Å². The molecule has 3 fully saturated rings. The molecule has 3 heteroatoms. The Morgan fingerprint density at radius 1 is 0.905 bits per heavy atom. The van der Waals surface area contributed by atoms with Gasteiger partial charge in [-0.25, -0.2) is 0 Å². The normalized spacial score (nSPS) is 32.4. The van der Waals surface area contributed by atoms with Gasteiger partial charge < -0.3 is 15.3 Å². The molecule has 21 heavy (non-hydrogen) atoms. The zero-order valence-corrected chi connectivity index (χ0v) is 13.6. The molecule has 0 radical (unpaired) electrons. The van der Waals surface area contributed by atoms with Crippen LogP contribution in [0.5, 0.6) is 0 Å². The average Bonchev–Trinajstić information content (AvgIpc) is 2.90. The lowest BCUT2D eigenvalue weighted by Crippen LogP contribution is -2.51. The van der Waals surface area contributed by atoms with Crippen LogP contribution in [0.4, 0.5) is 0 Å². The van der Waals surface area contributed by atoms with Gasteiger partial charge in [0, 0.05) is 32.3 Å². The molecule has 122 valence electrons. The molecule has 0 bridgehead atoms. The summed E-state index contributed by atoms with van der Waals surface area (Å²) >= 11 is 0. The van der Waals surface area contributed by atoms with Gasteiger partial charge in [0.05, 0.1) is 0 Å². The maximum atomic E-state index is 9.30. The largest absolute Gasteiger partial charge is 0.396 e. The molecular weight excluding hydrogens is 260 g/mol. The van der Waals surface area contributed by atoms with Gasteiger partial charge in [-0.1, -0.05) is 19.3 Å². The number of piperidine rings is 1. The zero-order chi connectivity index (χ0) is 14.5. The Morgan fingerprint density at radius 2 is 1.67 bits per heavy atom. The maximum Gasteiger partial charge on any atom is 0.0434 e. The molecule has 0 aromatic rings. The Kier molecular flexibility index (Phi) is 5.96. The summed E-state index contributed by atoms with van der Waals surface area (Å²) in [5, 5.41) is 13.1. The lowest BCUT2D eigenvalue weighted by atomic mass is 9.84. The summed E-state index contributed by atoms with van der Waals surface area (Å²) in [6, 6.07) is 0.664. The minimum atomic E-state index is 0.358. The number of aliphatic hydroxyl groups is 1. The molecule has 0 amide bonds. The number of hydrogen-bond donors (Lipinski definition) is 2. The van der Waals surface area contributed by atoms with Crippen LogP contribution in [0.1, 0.15) is 57.8 Å². The van der Waals surface area contributed by atoms with Gasteiger partial charge in [-0.2, -0.15) is 0 Å².